The number of hydrogen-bond acceptors (Lipinski definition) is 5. The number of thiazole rings is 1. The number of nitrogens with zero attached hydrogens (tertiary/aromatic N) is 3. The Labute approximate surface area is 188 Å². The molecule has 1 amide bonds. The third-order valence-electron chi connectivity index (χ3n) is 4.81. The van der Waals surface area contributed by atoms with E-state index in [4.69, 9.17) is 4.98 Å². The van der Waals surface area contributed by atoms with Gasteiger partial charge in [-0.3, -0.25) is 14.5 Å². The first kappa shape index (κ1) is 24.0. The van der Waals surface area contributed by atoms with E-state index < -0.39 is 0 Å². The Balaban J connectivity index is 0.00000320. The largest absolute Gasteiger partial charge is 0.309 e. The molecule has 30 heavy (non-hydrogen) atoms. The van der Waals surface area contributed by atoms with Crippen molar-refractivity contribution in [2.24, 2.45) is 0 Å². The number of halogens is 1. The van der Waals surface area contributed by atoms with Crippen LogP contribution in [0.4, 0.5) is 5.13 Å². The van der Waals surface area contributed by atoms with Gasteiger partial charge in [0.25, 0.3) is 5.91 Å². The fraction of sp³-hybridized carbons (Fsp3) is 0.348. The van der Waals surface area contributed by atoms with Crippen molar-refractivity contribution in [3.8, 4) is 0 Å². The first-order valence-corrected chi connectivity index (χ1v) is 10.5. The van der Waals surface area contributed by atoms with Crippen LogP contribution >= 0.6 is 23.7 Å². The molecular formula is C23H28ClN3O2S. The third-order valence-corrected chi connectivity index (χ3v) is 6.04. The molecule has 3 aromatic rings. The van der Waals surface area contributed by atoms with Gasteiger partial charge in [-0.15, -0.1) is 12.4 Å². The van der Waals surface area contributed by atoms with E-state index in [-0.39, 0.29) is 24.1 Å². The van der Waals surface area contributed by atoms with E-state index in [1.165, 1.54) is 12.5 Å². The summed E-state index contributed by atoms with van der Waals surface area (Å²) in [6.45, 7) is 7.13. The third kappa shape index (κ3) is 5.45. The van der Waals surface area contributed by atoms with Gasteiger partial charge in [-0.05, 0) is 77.2 Å². The second-order valence-corrected chi connectivity index (χ2v) is 8.65. The van der Waals surface area contributed by atoms with Crippen molar-refractivity contribution >= 4 is 50.8 Å². The highest BCUT2D eigenvalue weighted by atomic mass is 35.5. The summed E-state index contributed by atoms with van der Waals surface area (Å²) >= 11 is 1.56. The van der Waals surface area contributed by atoms with E-state index >= 15 is 0 Å². The van der Waals surface area contributed by atoms with Gasteiger partial charge in [-0.1, -0.05) is 29.5 Å². The van der Waals surface area contributed by atoms with E-state index in [0.29, 0.717) is 22.8 Å². The summed E-state index contributed by atoms with van der Waals surface area (Å²) in [5.74, 6) is -0.101. The molecule has 0 saturated heterocycles. The minimum atomic E-state index is -0.0905. The van der Waals surface area contributed by atoms with Gasteiger partial charge >= 0.3 is 0 Å². The summed E-state index contributed by atoms with van der Waals surface area (Å²) in [4.78, 5) is 33.5. The number of fused-ring (bicyclic) bond motifs is 1. The molecule has 1 aromatic heterocycles. The van der Waals surface area contributed by atoms with Crippen molar-refractivity contribution < 1.29 is 9.59 Å². The number of anilines is 1. The SMILES string of the molecule is CC(=O)c1ccc(C(=O)N(CCCN(C)C)c2nc3cc(C)cc(C)c3s2)cc1.Cl. The van der Waals surface area contributed by atoms with Crippen molar-refractivity contribution in [1.29, 1.82) is 0 Å². The summed E-state index contributed by atoms with van der Waals surface area (Å²) in [5.41, 5.74) is 4.44. The van der Waals surface area contributed by atoms with Crippen LogP contribution in [0.15, 0.2) is 36.4 Å². The average Bonchev–Trinajstić information content (AvgIpc) is 3.08. The van der Waals surface area contributed by atoms with E-state index in [1.807, 2.05) is 14.1 Å². The maximum Gasteiger partial charge on any atom is 0.260 e. The average molecular weight is 446 g/mol. The smallest absolute Gasteiger partial charge is 0.260 e. The lowest BCUT2D eigenvalue weighted by Gasteiger charge is -2.21. The molecule has 0 aliphatic carbocycles. The number of aromatic nitrogens is 1. The maximum atomic E-state index is 13.3. The number of aryl methyl sites for hydroxylation is 2. The highest BCUT2D eigenvalue weighted by Gasteiger charge is 2.22. The molecule has 0 unspecified atom stereocenters. The van der Waals surface area contributed by atoms with Gasteiger partial charge in [0.15, 0.2) is 10.9 Å². The molecule has 0 saturated carbocycles. The molecule has 0 radical (unpaired) electrons. The normalized spacial score (nSPS) is 10.9. The van der Waals surface area contributed by atoms with Crippen molar-refractivity contribution in [3.63, 3.8) is 0 Å². The fourth-order valence-electron chi connectivity index (χ4n) is 3.31. The van der Waals surface area contributed by atoms with Crippen molar-refractivity contribution in [2.75, 3.05) is 32.1 Å². The van der Waals surface area contributed by atoms with Gasteiger partial charge in [0, 0.05) is 17.7 Å². The molecule has 3 rings (SSSR count). The first-order valence-electron chi connectivity index (χ1n) is 9.71. The molecule has 0 aliphatic heterocycles. The van der Waals surface area contributed by atoms with Crippen LogP contribution in [-0.4, -0.2) is 48.8 Å². The predicted octanol–water partition coefficient (Wildman–Crippen LogP) is 5.14. The Morgan fingerprint density at radius 2 is 1.63 bits per heavy atom. The molecule has 7 heteroatoms. The number of carbonyl (C=O) groups excluding carboxylic acids is 2. The van der Waals surface area contributed by atoms with E-state index in [1.54, 1.807) is 40.5 Å². The van der Waals surface area contributed by atoms with Gasteiger partial charge in [-0.2, -0.15) is 0 Å². The van der Waals surface area contributed by atoms with Crippen molar-refractivity contribution in [1.82, 2.24) is 9.88 Å². The molecule has 0 spiro atoms. The Hall–Kier alpha value is -2.28. The van der Waals surface area contributed by atoms with Gasteiger partial charge in [0.2, 0.25) is 0 Å². The number of Topliss-reactive ketones (excluding diaryl/α,β-unsaturated/α-hetero) is 1. The number of benzene rings is 2. The predicted molar refractivity (Wildman–Crippen MR) is 128 cm³/mol. The van der Waals surface area contributed by atoms with E-state index in [2.05, 4.69) is 30.9 Å². The quantitative estimate of drug-likeness (QED) is 0.473. The number of carbonyl (C=O) groups is 2. The molecule has 0 bridgehead atoms. The summed E-state index contributed by atoms with van der Waals surface area (Å²) in [7, 11) is 4.05. The van der Waals surface area contributed by atoms with Gasteiger partial charge in [-0.25, -0.2) is 4.98 Å². The van der Waals surface area contributed by atoms with Crippen LogP contribution < -0.4 is 4.90 Å². The Bertz CT molecular complexity index is 1040. The summed E-state index contributed by atoms with van der Waals surface area (Å²) in [6, 6.07) is 11.1. The number of hydrogen-bond donors (Lipinski definition) is 0. The monoisotopic (exact) mass is 445 g/mol. The van der Waals surface area contributed by atoms with Crippen LogP contribution in [0.1, 0.15) is 45.2 Å². The molecule has 1 heterocycles. The lowest BCUT2D eigenvalue weighted by molar-refractivity contribution is 0.0981. The van der Waals surface area contributed by atoms with Crippen molar-refractivity contribution in [3.05, 3.63) is 58.7 Å². The molecule has 0 fully saturated rings. The maximum absolute atomic E-state index is 13.3. The second kappa shape index (κ2) is 10.2. The van der Waals surface area contributed by atoms with Crippen LogP contribution in [0.5, 0.6) is 0 Å². The zero-order valence-electron chi connectivity index (χ0n) is 18.1. The second-order valence-electron chi connectivity index (χ2n) is 7.67. The molecular weight excluding hydrogens is 418 g/mol. The molecule has 0 atom stereocenters. The lowest BCUT2D eigenvalue weighted by atomic mass is 10.1. The van der Waals surface area contributed by atoms with Crippen LogP contribution in [0.25, 0.3) is 10.2 Å². The van der Waals surface area contributed by atoms with Gasteiger partial charge < -0.3 is 4.90 Å². The number of amides is 1. The standard InChI is InChI=1S/C23H27N3O2S.ClH/c1-15-13-16(2)21-20(14-15)24-23(29-21)26(12-6-11-25(4)5)22(28)19-9-7-18(8-10-19)17(3)27;/h7-10,13-14H,6,11-12H2,1-5H3;1H. The summed E-state index contributed by atoms with van der Waals surface area (Å²) in [6.07, 6.45) is 0.845. The topological polar surface area (TPSA) is 53.5 Å². The van der Waals surface area contributed by atoms with Gasteiger partial charge in [0.1, 0.15) is 0 Å². The minimum Gasteiger partial charge on any atom is -0.309 e. The van der Waals surface area contributed by atoms with Crippen LogP contribution in [-0.2, 0) is 0 Å². The summed E-state index contributed by atoms with van der Waals surface area (Å²) < 4.78 is 1.11. The zero-order valence-corrected chi connectivity index (χ0v) is 19.7. The lowest BCUT2D eigenvalue weighted by Crippen LogP contribution is -2.33. The number of rotatable bonds is 7. The van der Waals surface area contributed by atoms with E-state index in [9.17, 15) is 9.59 Å². The highest BCUT2D eigenvalue weighted by molar-refractivity contribution is 7.22. The van der Waals surface area contributed by atoms with Crippen molar-refractivity contribution in [2.45, 2.75) is 27.2 Å². The zero-order chi connectivity index (χ0) is 21.1. The van der Waals surface area contributed by atoms with Crippen LogP contribution in [0.2, 0.25) is 0 Å². The van der Waals surface area contributed by atoms with Crippen LogP contribution in [0, 0.1) is 13.8 Å². The molecule has 0 N–H and O–H groups in total. The Kier molecular flexibility index (Phi) is 8.12. The molecule has 160 valence electrons. The molecule has 5 nitrogen and oxygen atoms in total. The van der Waals surface area contributed by atoms with Crippen LogP contribution in [0.3, 0.4) is 0 Å². The molecule has 0 aliphatic rings. The van der Waals surface area contributed by atoms with Gasteiger partial charge in [0.05, 0.1) is 10.2 Å². The Morgan fingerprint density at radius 1 is 1.00 bits per heavy atom. The summed E-state index contributed by atoms with van der Waals surface area (Å²) in [5, 5.41) is 0.716. The highest BCUT2D eigenvalue weighted by Crippen LogP contribution is 2.33. The minimum absolute atomic E-state index is 0. The fourth-order valence-corrected chi connectivity index (χ4v) is 4.35. The first-order chi connectivity index (χ1) is 13.8. The molecule has 2 aromatic carbocycles. The van der Waals surface area contributed by atoms with E-state index in [0.717, 1.165) is 28.7 Å². The Morgan fingerprint density at radius 3 is 2.23 bits per heavy atom. The number of ketones is 1.